The van der Waals surface area contributed by atoms with E-state index < -0.39 is 11.9 Å². The summed E-state index contributed by atoms with van der Waals surface area (Å²) in [5.41, 5.74) is 2.73. The van der Waals surface area contributed by atoms with Crippen LogP contribution in [0.3, 0.4) is 0 Å². The number of carbonyl (C=O) groups is 2. The van der Waals surface area contributed by atoms with Crippen molar-refractivity contribution in [3.63, 3.8) is 0 Å². The summed E-state index contributed by atoms with van der Waals surface area (Å²) in [5.74, 6) is -1.85. The highest BCUT2D eigenvalue weighted by Gasteiger charge is 2.11. The zero-order valence-electron chi connectivity index (χ0n) is 13.2. The number of carboxylic acids is 2. The molecule has 2 N–H and O–H groups in total. The van der Waals surface area contributed by atoms with E-state index in [0.717, 1.165) is 26.4 Å². The second-order valence-corrected chi connectivity index (χ2v) is 6.51. The van der Waals surface area contributed by atoms with Crippen LogP contribution in [0.2, 0.25) is 0 Å². The number of hydrogen-bond acceptors (Lipinski definition) is 4. The summed E-state index contributed by atoms with van der Waals surface area (Å²) in [6.45, 7) is 0. The smallest absolute Gasteiger partial charge is 0.335 e. The van der Waals surface area contributed by atoms with E-state index in [0.29, 0.717) is 6.42 Å². The van der Waals surface area contributed by atoms with E-state index >= 15 is 0 Å². The molecule has 25 heavy (non-hydrogen) atoms. The van der Waals surface area contributed by atoms with Crippen molar-refractivity contribution < 1.29 is 19.8 Å². The normalized spacial score (nSPS) is 11.6. The Balaban J connectivity index is 1.98. The molecule has 0 amide bonds. The third kappa shape index (κ3) is 4.10. The number of allylic oxidation sites excluding steroid dienone is 1. The lowest BCUT2D eigenvalue weighted by Gasteiger charge is -2.04. The third-order valence-electron chi connectivity index (χ3n) is 3.68. The SMILES string of the molecule is O=C(O)CCC(=Cc1ccc(C(=O)O)cc1)c1nc2ccccc2s1. The molecule has 0 saturated heterocycles. The zero-order chi connectivity index (χ0) is 17.8. The van der Waals surface area contributed by atoms with Gasteiger partial charge >= 0.3 is 11.9 Å². The Morgan fingerprint density at radius 1 is 1.00 bits per heavy atom. The Bertz CT molecular complexity index is 924. The lowest BCUT2D eigenvalue weighted by molar-refractivity contribution is -0.136. The lowest BCUT2D eigenvalue weighted by Crippen LogP contribution is -1.96. The average molecular weight is 353 g/mol. The van der Waals surface area contributed by atoms with E-state index in [1.807, 2.05) is 30.3 Å². The maximum atomic E-state index is 11.0. The first-order valence-corrected chi connectivity index (χ1v) is 8.46. The molecule has 1 aromatic heterocycles. The minimum absolute atomic E-state index is 0.00890. The van der Waals surface area contributed by atoms with Crippen LogP contribution >= 0.6 is 11.3 Å². The summed E-state index contributed by atoms with van der Waals surface area (Å²) in [6, 6.07) is 14.2. The maximum Gasteiger partial charge on any atom is 0.335 e. The summed E-state index contributed by atoms with van der Waals surface area (Å²) in [7, 11) is 0. The molecule has 0 aliphatic rings. The average Bonchev–Trinajstić information content (AvgIpc) is 3.02. The van der Waals surface area contributed by atoms with Crippen molar-refractivity contribution in [2.75, 3.05) is 0 Å². The molecule has 5 nitrogen and oxygen atoms in total. The molecular formula is C19H15NO4S. The van der Waals surface area contributed by atoms with E-state index in [-0.39, 0.29) is 12.0 Å². The van der Waals surface area contributed by atoms with Gasteiger partial charge in [-0.3, -0.25) is 4.79 Å². The molecule has 0 unspecified atom stereocenters. The van der Waals surface area contributed by atoms with E-state index in [4.69, 9.17) is 10.2 Å². The van der Waals surface area contributed by atoms with Crippen LogP contribution < -0.4 is 0 Å². The number of aromatic carboxylic acids is 1. The standard InChI is InChI=1S/C19H15NO4S/c21-17(22)10-9-14(11-12-5-7-13(8-6-12)19(23)24)18-20-15-3-1-2-4-16(15)25-18/h1-8,11H,9-10H2,(H,21,22)(H,23,24). The van der Waals surface area contributed by atoms with Gasteiger partial charge in [0.1, 0.15) is 5.01 Å². The molecule has 0 aliphatic carbocycles. The molecule has 3 rings (SSSR count). The molecule has 0 fully saturated rings. The van der Waals surface area contributed by atoms with Gasteiger partial charge in [-0.1, -0.05) is 24.3 Å². The monoisotopic (exact) mass is 353 g/mol. The Hall–Kier alpha value is -2.99. The molecule has 0 radical (unpaired) electrons. The first kappa shape index (κ1) is 16.9. The Morgan fingerprint density at radius 2 is 1.72 bits per heavy atom. The molecule has 0 aliphatic heterocycles. The molecule has 2 aromatic carbocycles. The summed E-state index contributed by atoms with van der Waals surface area (Å²) in [4.78, 5) is 26.5. The van der Waals surface area contributed by atoms with Crippen molar-refractivity contribution in [3.05, 3.63) is 64.7 Å². The van der Waals surface area contributed by atoms with Crippen molar-refractivity contribution in [1.29, 1.82) is 0 Å². The molecule has 126 valence electrons. The Labute approximate surface area is 147 Å². The quantitative estimate of drug-likeness (QED) is 0.686. The number of para-hydroxylation sites is 1. The predicted octanol–water partition coefficient (Wildman–Crippen LogP) is 4.40. The van der Waals surface area contributed by atoms with Gasteiger partial charge in [-0.05, 0) is 47.9 Å². The molecule has 6 heteroatoms. The van der Waals surface area contributed by atoms with Crippen molar-refractivity contribution in [2.45, 2.75) is 12.8 Å². The van der Waals surface area contributed by atoms with Gasteiger partial charge in [0, 0.05) is 6.42 Å². The van der Waals surface area contributed by atoms with E-state index in [9.17, 15) is 9.59 Å². The van der Waals surface area contributed by atoms with Crippen LogP contribution in [0.5, 0.6) is 0 Å². The second-order valence-electron chi connectivity index (χ2n) is 5.48. The van der Waals surface area contributed by atoms with Crippen molar-refractivity contribution in [3.8, 4) is 0 Å². The fraction of sp³-hybridized carbons (Fsp3) is 0.105. The van der Waals surface area contributed by atoms with Gasteiger partial charge < -0.3 is 10.2 Å². The zero-order valence-corrected chi connectivity index (χ0v) is 14.0. The highest BCUT2D eigenvalue weighted by atomic mass is 32.1. The number of fused-ring (bicyclic) bond motifs is 1. The van der Waals surface area contributed by atoms with Gasteiger partial charge in [-0.15, -0.1) is 11.3 Å². The van der Waals surface area contributed by atoms with Crippen molar-refractivity contribution in [1.82, 2.24) is 4.98 Å². The van der Waals surface area contributed by atoms with Crippen LogP contribution in [0, 0.1) is 0 Å². The Morgan fingerprint density at radius 3 is 2.36 bits per heavy atom. The van der Waals surface area contributed by atoms with Gasteiger partial charge in [0.2, 0.25) is 0 Å². The molecule has 0 bridgehead atoms. The van der Waals surface area contributed by atoms with E-state index in [1.54, 1.807) is 12.1 Å². The van der Waals surface area contributed by atoms with Crippen LogP contribution in [0.15, 0.2) is 48.5 Å². The second kappa shape index (κ2) is 7.27. The molecule has 0 saturated carbocycles. The summed E-state index contributed by atoms with van der Waals surface area (Å²) < 4.78 is 1.04. The van der Waals surface area contributed by atoms with Crippen LogP contribution in [-0.2, 0) is 4.79 Å². The van der Waals surface area contributed by atoms with Gasteiger partial charge in [-0.25, -0.2) is 9.78 Å². The van der Waals surface area contributed by atoms with Gasteiger partial charge in [0.15, 0.2) is 0 Å². The molecule has 3 aromatic rings. The van der Waals surface area contributed by atoms with Crippen LogP contribution in [0.1, 0.15) is 33.8 Å². The first-order valence-electron chi connectivity index (χ1n) is 7.64. The minimum atomic E-state index is -0.979. The largest absolute Gasteiger partial charge is 0.481 e. The number of nitrogens with zero attached hydrogens (tertiary/aromatic N) is 1. The van der Waals surface area contributed by atoms with Crippen molar-refractivity contribution in [2.24, 2.45) is 0 Å². The topological polar surface area (TPSA) is 87.5 Å². The first-order chi connectivity index (χ1) is 12.0. The third-order valence-corrected chi connectivity index (χ3v) is 4.79. The maximum absolute atomic E-state index is 11.0. The number of hydrogen-bond donors (Lipinski definition) is 2. The Kier molecular flexibility index (Phi) is 4.90. The molecule has 0 spiro atoms. The number of aromatic nitrogens is 1. The number of rotatable bonds is 6. The highest BCUT2D eigenvalue weighted by molar-refractivity contribution is 7.19. The summed E-state index contributed by atoms with van der Waals surface area (Å²) in [6.07, 6.45) is 2.23. The number of carboxylic acid groups (broad SMARTS) is 2. The molecule has 0 atom stereocenters. The van der Waals surface area contributed by atoms with Gasteiger partial charge in [0.25, 0.3) is 0 Å². The van der Waals surface area contributed by atoms with E-state index in [2.05, 4.69) is 4.98 Å². The fourth-order valence-corrected chi connectivity index (χ4v) is 3.42. The van der Waals surface area contributed by atoms with Crippen LogP contribution in [0.25, 0.3) is 21.9 Å². The van der Waals surface area contributed by atoms with Gasteiger partial charge in [0.05, 0.1) is 15.8 Å². The van der Waals surface area contributed by atoms with Crippen LogP contribution in [0.4, 0.5) is 0 Å². The number of benzene rings is 2. The summed E-state index contributed by atoms with van der Waals surface area (Å²) in [5, 5.41) is 18.8. The summed E-state index contributed by atoms with van der Waals surface area (Å²) >= 11 is 1.52. The molecular weight excluding hydrogens is 338 g/mol. The number of thiazole rings is 1. The van der Waals surface area contributed by atoms with Crippen LogP contribution in [-0.4, -0.2) is 27.1 Å². The predicted molar refractivity (Wildman–Crippen MR) is 97.8 cm³/mol. The fourth-order valence-electron chi connectivity index (χ4n) is 2.42. The molecule has 1 heterocycles. The van der Waals surface area contributed by atoms with Crippen molar-refractivity contribution >= 4 is 45.1 Å². The highest BCUT2D eigenvalue weighted by Crippen LogP contribution is 2.31. The minimum Gasteiger partial charge on any atom is -0.481 e. The van der Waals surface area contributed by atoms with Gasteiger partial charge in [-0.2, -0.15) is 0 Å². The number of aliphatic carboxylic acids is 1. The lowest BCUT2D eigenvalue weighted by atomic mass is 10.1. The van der Waals surface area contributed by atoms with E-state index in [1.165, 1.54) is 23.5 Å².